The summed E-state index contributed by atoms with van der Waals surface area (Å²) < 4.78 is 0. The van der Waals surface area contributed by atoms with Crippen LogP contribution in [0, 0.1) is 0 Å². The van der Waals surface area contributed by atoms with Crippen molar-refractivity contribution < 1.29 is 19.8 Å². The molecule has 0 bridgehead atoms. The maximum atomic E-state index is 11.2. The number of pyridine rings is 1. The zero-order valence-electron chi connectivity index (χ0n) is 14.6. The van der Waals surface area contributed by atoms with Crippen LogP contribution in [-0.2, 0) is 6.54 Å². The van der Waals surface area contributed by atoms with Gasteiger partial charge in [0.25, 0.3) is 0 Å². The Bertz CT molecular complexity index is 780. The van der Waals surface area contributed by atoms with Crippen LogP contribution in [-0.4, -0.2) is 70.2 Å². The molecule has 7 nitrogen and oxygen atoms in total. The van der Waals surface area contributed by atoms with Crippen molar-refractivity contribution in [3.05, 3.63) is 53.2 Å². The standard InChI is InChI=1S/C19H21N3O4/c1-21-4-6-22(7-5-21)12-13-2-3-17(20-11-13)14-8-15(18(23)24)10-16(9-14)19(25)26/h2-3,8-11H,4-7,12H2,1H3,(H,23,24)(H,25,26). The number of piperazine rings is 1. The summed E-state index contributed by atoms with van der Waals surface area (Å²) in [7, 11) is 2.12. The van der Waals surface area contributed by atoms with Crippen molar-refractivity contribution in [3.8, 4) is 11.3 Å². The fourth-order valence-corrected chi connectivity index (χ4v) is 2.98. The van der Waals surface area contributed by atoms with Crippen LogP contribution in [0.5, 0.6) is 0 Å². The van der Waals surface area contributed by atoms with Crippen molar-refractivity contribution in [2.75, 3.05) is 33.2 Å². The van der Waals surface area contributed by atoms with Gasteiger partial charge < -0.3 is 15.1 Å². The van der Waals surface area contributed by atoms with E-state index in [1.54, 1.807) is 12.3 Å². The van der Waals surface area contributed by atoms with E-state index in [4.69, 9.17) is 0 Å². The molecule has 0 spiro atoms. The molecule has 26 heavy (non-hydrogen) atoms. The van der Waals surface area contributed by atoms with Gasteiger partial charge in [-0.3, -0.25) is 9.88 Å². The predicted molar refractivity (Wildman–Crippen MR) is 96.4 cm³/mol. The number of benzene rings is 1. The molecule has 136 valence electrons. The first kappa shape index (κ1) is 18.0. The summed E-state index contributed by atoms with van der Waals surface area (Å²) in [5, 5.41) is 18.4. The van der Waals surface area contributed by atoms with Crippen molar-refractivity contribution in [3.63, 3.8) is 0 Å². The fourth-order valence-electron chi connectivity index (χ4n) is 2.98. The Morgan fingerprint density at radius 2 is 1.62 bits per heavy atom. The summed E-state index contributed by atoms with van der Waals surface area (Å²) >= 11 is 0. The number of carboxylic acid groups (broad SMARTS) is 2. The number of hydrogen-bond acceptors (Lipinski definition) is 5. The second kappa shape index (κ2) is 7.63. The second-order valence-electron chi connectivity index (χ2n) is 6.54. The molecule has 2 heterocycles. The van der Waals surface area contributed by atoms with Gasteiger partial charge in [0.15, 0.2) is 0 Å². The molecule has 0 atom stereocenters. The summed E-state index contributed by atoms with van der Waals surface area (Å²) in [5.41, 5.74) is 1.98. The Morgan fingerprint density at radius 1 is 1.00 bits per heavy atom. The van der Waals surface area contributed by atoms with Gasteiger partial charge in [0.2, 0.25) is 0 Å². The molecule has 2 aromatic rings. The van der Waals surface area contributed by atoms with Crippen LogP contribution in [0.15, 0.2) is 36.5 Å². The maximum Gasteiger partial charge on any atom is 0.335 e. The molecule has 1 saturated heterocycles. The lowest BCUT2D eigenvalue weighted by atomic mass is 10.0. The Morgan fingerprint density at radius 3 is 2.12 bits per heavy atom. The number of carbonyl (C=O) groups is 2. The van der Waals surface area contributed by atoms with Crippen LogP contribution >= 0.6 is 0 Å². The number of rotatable bonds is 5. The van der Waals surface area contributed by atoms with Gasteiger partial charge in [0.1, 0.15) is 0 Å². The van der Waals surface area contributed by atoms with Crippen molar-refractivity contribution in [2.45, 2.75) is 6.54 Å². The lowest BCUT2D eigenvalue weighted by Crippen LogP contribution is -2.43. The third-order valence-electron chi connectivity index (χ3n) is 4.55. The molecular formula is C19H21N3O4. The summed E-state index contributed by atoms with van der Waals surface area (Å²) in [6.07, 6.45) is 1.77. The molecule has 1 aliphatic heterocycles. The Balaban J connectivity index is 1.79. The summed E-state index contributed by atoms with van der Waals surface area (Å²) in [5.74, 6) is -2.33. The minimum atomic E-state index is -1.17. The van der Waals surface area contributed by atoms with Crippen LogP contribution < -0.4 is 0 Å². The normalized spacial score (nSPS) is 15.7. The van der Waals surface area contributed by atoms with Crippen LogP contribution in [0.25, 0.3) is 11.3 Å². The second-order valence-corrected chi connectivity index (χ2v) is 6.54. The van der Waals surface area contributed by atoms with Crippen molar-refractivity contribution in [1.82, 2.24) is 14.8 Å². The zero-order valence-corrected chi connectivity index (χ0v) is 14.6. The average Bonchev–Trinajstić information content (AvgIpc) is 2.64. The lowest BCUT2D eigenvalue weighted by Gasteiger charge is -2.32. The largest absolute Gasteiger partial charge is 0.478 e. The third kappa shape index (κ3) is 4.25. The molecule has 2 N–H and O–H groups in total. The number of likely N-dealkylation sites (N-methyl/N-ethyl adjacent to an activating group) is 1. The van der Waals surface area contributed by atoms with E-state index < -0.39 is 11.9 Å². The molecule has 1 aromatic carbocycles. The van der Waals surface area contributed by atoms with E-state index in [0.717, 1.165) is 44.4 Å². The fraction of sp³-hybridized carbons (Fsp3) is 0.316. The first-order valence-electron chi connectivity index (χ1n) is 8.40. The molecule has 0 unspecified atom stereocenters. The van der Waals surface area contributed by atoms with Gasteiger partial charge in [0.05, 0.1) is 16.8 Å². The minimum Gasteiger partial charge on any atom is -0.478 e. The van der Waals surface area contributed by atoms with E-state index in [-0.39, 0.29) is 11.1 Å². The van der Waals surface area contributed by atoms with Crippen molar-refractivity contribution in [2.24, 2.45) is 0 Å². The molecule has 7 heteroatoms. The van der Waals surface area contributed by atoms with Crippen LogP contribution in [0.3, 0.4) is 0 Å². The number of aromatic carboxylic acids is 2. The maximum absolute atomic E-state index is 11.2. The monoisotopic (exact) mass is 355 g/mol. The highest BCUT2D eigenvalue weighted by atomic mass is 16.4. The lowest BCUT2D eigenvalue weighted by molar-refractivity contribution is 0.0696. The van der Waals surface area contributed by atoms with Gasteiger partial charge in [-0.05, 0) is 36.9 Å². The molecule has 3 rings (SSSR count). The molecule has 0 aliphatic carbocycles. The Hall–Kier alpha value is -2.77. The molecule has 0 radical (unpaired) electrons. The molecule has 0 amide bonds. The summed E-state index contributed by atoms with van der Waals surface area (Å²) in [6, 6.07) is 7.79. The van der Waals surface area contributed by atoms with E-state index >= 15 is 0 Å². The first-order valence-corrected chi connectivity index (χ1v) is 8.40. The number of aromatic nitrogens is 1. The van der Waals surface area contributed by atoms with Crippen LogP contribution in [0.1, 0.15) is 26.3 Å². The highest BCUT2D eigenvalue weighted by Crippen LogP contribution is 2.22. The van der Waals surface area contributed by atoms with Gasteiger partial charge in [-0.15, -0.1) is 0 Å². The van der Waals surface area contributed by atoms with Gasteiger partial charge in [-0.2, -0.15) is 0 Å². The molecule has 1 aliphatic rings. The van der Waals surface area contributed by atoms with E-state index in [2.05, 4.69) is 21.8 Å². The Kier molecular flexibility index (Phi) is 5.29. The predicted octanol–water partition coefficient (Wildman–Crippen LogP) is 1.89. The van der Waals surface area contributed by atoms with E-state index in [1.807, 2.05) is 6.07 Å². The number of hydrogen-bond donors (Lipinski definition) is 2. The summed E-state index contributed by atoms with van der Waals surface area (Å²) in [6.45, 7) is 4.94. The molecule has 1 fully saturated rings. The molecule has 0 saturated carbocycles. The van der Waals surface area contributed by atoms with Gasteiger partial charge >= 0.3 is 11.9 Å². The highest BCUT2D eigenvalue weighted by Gasteiger charge is 2.15. The van der Waals surface area contributed by atoms with Crippen LogP contribution in [0.4, 0.5) is 0 Å². The van der Waals surface area contributed by atoms with Gasteiger partial charge in [-0.25, -0.2) is 9.59 Å². The van der Waals surface area contributed by atoms with Crippen molar-refractivity contribution >= 4 is 11.9 Å². The number of nitrogens with zero attached hydrogens (tertiary/aromatic N) is 3. The first-order chi connectivity index (χ1) is 12.4. The highest BCUT2D eigenvalue weighted by molar-refractivity contribution is 5.95. The quantitative estimate of drug-likeness (QED) is 0.846. The molecular weight excluding hydrogens is 334 g/mol. The topological polar surface area (TPSA) is 94.0 Å². The Labute approximate surface area is 151 Å². The van der Waals surface area contributed by atoms with Crippen molar-refractivity contribution in [1.29, 1.82) is 0 Å². The van der Waals surface area contributed by atoms with E-state index in [9.17, 15) is 19.8 Å². The van der Waals surface area contributed by atoms with E-state index in [0.29, 0.717) is 11.3 Å². The average molecular weight is 355 g/mol. The third-order valence-corrected chi connectivity index (χ3v) is 4.55. The summed E-state index contributed by atoms with van der Waals surface area (Å²) in [4.78, 5) is 31.5. The smallest absolute Gasteiger partial charge is 0.335 e. The van der Waals surface area contributed by atoms with E-state index in [1.165, 1.54) is 12.1 Å². The van der Waals surface area contributed by atoms with Crippen LogP contribution in [0.2, 0.25) is 0 Å². The van der Waals surface area contributed by atoms with Gasteiger partial charge in [-0.1, -0.05) is 6.07 Å². The molecule has 1 aromatic heterocycles. The minimum absolute atomic E-state index is 0.0665. The number of carboxylic acids is 2. The SMILES string of the molecule is CN1CCN(Cc2ccc(-c3cc(C(=O)O)cc(C(=O)O)c3)nc2)CC1. The zero-order chi connectivity index (χ0) is 18.7. The van der Waals surface area contributed by atoms with Gasteiger partial charge in [0, 0.05) is 44.5 Å².